The van der Waals surface area contributed by atoms with Crippen molar-refractivity contribution in [2.45, 2.75) is 6.54 Å². The Hall–Kier alpha value is -4.85. The molecule has 0 unspecified atom stereocenters. The van der Waals surface area contributed by atoms with Gasteiger partial charge in [0.15, 0.2) is 5.78 Å². The zero-order valence-electron chi connectivity index (χ0n) is 18.3. The van der Waals surface area contributed by atoms with Gasteiger partial charge in [0.2, 0.25) is 5.88 Å². The summed E-state index contributed by atoms with van der Waals surface area (Å²) in [6.45, 7) is 0.0791. The van der Waals surface area contributed by atoms with Crippen LogP contribution in [-0.2, 0) is 6.54 Å². The van der Waals surface area contributed by atoms with Crippen molar-refractivity contribution in [3.8, 4) is 11.6 Å². The maximum absolute atomic E-state index is 13.9. The molecule has 0 saturated heterocycles. The quantitative estimate of drug-likeness (QED) is 0.356. The molecule has 0 aliphatic carbocycles. The molecule has 0 atom stereocenters. The maximum atomic E-state index is 13.9. The second-order valence-electron chi connectivity index (χ2n) is 7.52. The Labute approximate surface area is 199 Å². The van der Waals surface area contributed by atoms with Crippen LogP contribution in [0.2, 0.25) is 0 Å². The van der Waals surface area contributed by atoms with Crippen LogP contribution >= 0.6 is 0 Å². The molecule has 0 aliphatic heterocycles. The third-order valence-electron chi connectivity index (χ3n) is 5.06. The first kappa shape index (κ1) is 23.3. The standard InChI is InChI=1S/C27H19FN2O5/c28-21-14-23(25(32)29-15-17-9-11-19(12-10-17)27(33)34)26(30-16-21)35-22-8-4-7-20(13-22)24(31)18-5-2-1-3-6-18/h1-14,16H,15H2,(H,29,32)(H,33,34). The predicted octanol–water partition coefficient (Wildman–Crippen LogP) is 4.87. The van der Waals surface area contributed by atoms with Gasteiger partial charge in [-0.25, -0.2) is 14.2 Å². The zero-order valence-corrected chi connectivity index (χ0v) is 18.3. The van der Waals surface area contributed by atoms with Crippen LogP contribution in [0.15, 0.2) is 91.1 Å². The molecule has 4 aromatic rings. The Morgan fingerprint density at radius 3 is 2.29 bits per heavy atom. The summed E-state index contributed by atoms with van der Waals surface area (Å²) < 4.78 is 19.6. The number of ketones is 1. The highest BCUT2D eigenvalue weighted by Crippen LogP contribution is 2.25. The van der Waals surface area contributed by atoms with Gasteiger partial charge in [0.1, 0.15) is 17.1 Å². The summed E-state index contributed by atoms with van der Waals surface area (Å²) in [4.78, 5) is 40.4. The minimum atomic E-state index is -1.05. The fourth-order valence-electron chi connectivity index (χ4n) is 3.28. The van der Waals surface area contributed by atoms with E-state index in [9.17, 15) is 18.8 Å². The maximum Gasteiger partial charge on any atom is 0.335 e. The van der Waals surface area contributed by atoms with Gasteiger partial charge in [-0.3, -0.25) is 9.59 Å². The van der Waals surface area contributed by atoms with Crippen molar-refractivity contribution < 1.29 is 28.6 Å². The molecule has 3 aromatic carbocycles. The van der Waals surface area contributed by atoms with E-state index in [0.29, 0.717) is 16.7 Å². The first-order chi connectivity index (χ1) is 16.9. The Balaban J connectivity index is 1.51. The number of rotatable bonds is 8. The largest absolute Gasteiger partial charge is 0.478 e. The van der Waals surface area contributed by atoms with Crippen molar-refractivity contribution in [3.05, 3.63) is 125 Å². The monoisotopic (exact) mass is 470 g/mol. The van der Waals surface area contributed by atoms with Crippen LogP contribution in [0, 0.1) is 5.82 Å². The molecule has 4 rings (SSSR count). The Morgan fingerprint density at radius 1 is 0.857 bits per heavy atom. The fraction of sp³-hybridized carbons (Fsp3) is 0.0370. The molecule has 1 heterocycles. The average Bonchev–Trinajstić information content (AvgIpc) is 2.88. The van der Waals surface area contributed by atoms with E-state index in [1.165, 1.54) is 18.2 Å². The highest BCUT2D eigenvalue weighted by atomic mass is 19.1. The number of benzene rings is 3. The third-order valence-corrected chi connectivity index (χ3v) is 5.06. The molecule has 0 fully saturated rings. The van der Waals surface area contributed by atoms with Gasteiger partial charge in [-0.2, -0.15) is 0 Å². The highest BCUT2D eigenvalue weighted by Gasteiger charge is 2.17. The number of aromatic nitrogens is 1. The number of carboxylic acid groups (broad SMARTS) is 1. The number of hydrogen-bond acceptors (Lipinski definition) is 5. The van der Waals surface area contributed by atoms with Crippen molar-refractivity contribution in [3.63, 3.8) is 0 Å². The van der Waals surface area contributed by atoms with E-state index >= 15 is 0 Å². The number of carbonyl (C=O) groups is 3. The van der Waals surface area contributed by atoms with Gasteiger partial charge < -0.3 is 15.2 Å². The van der Waals surface area contributed by atoms with E-state index in [-0.39, 0.29) is 35.1 Å². The number of nitrogens with one attached hydrogen (secondary N) is 1. The van der Waals surface area contributed by atoms with Gasteiger partial charge in [0, 0.05) is 17.7 Å². The average molecular weight is 470 g/mol. The molecule has 1 aromatic heterocycles. The first-order valence-electron chi connectivity index (χ1n) is 10.5. The molecular weight excluding hydrogens is 451 g/mol. The molecule has 0 spiro atoms. The Kier molecular flexibility index (Phi) is 6.92. The molecular formula is C27H19FN2O5. The second kappa shape index (κ2) is 10.4. The molecule has 2 N–H and O–H groups in total. The molecule has 35 heavy (non-hydrogen) atoms. The van der Waals surface area contributed by atoms with Gasteiger partial charge in [0.05, 0.1) is 11.8 Å². The number of hydrogen-bond donors (Lipinski definition) is 2. The number of ether oxygens (including phenoxy) is 1. The molecule has 174 valence electrons. The minimum absolute atomic E-state index is 0.0791. The summed E-state index contributed by atoms with van der Waals surface area (Å²) >= 11 is 0. The van der Waals surface area contributed by atoms with Crippen LogP contribution in [0.25, 0.3) is 0 Å². The van der Waals surface area contributed by atoms with Gasteiger partial charge in [-0.15, -0.1) is 0 Å². The lowest BCUT2D eigenvalue weighted by Gasteiger charge is -2.12. The molecule has 0 saturated carbocycles. The molecule has 8 heteroatoms. The number of nitrogens with zero attached hydrogens (tertiary/aromatic N) is 1. The minimum Gasteiger partial charge on any atom is -0.478 e. The van der Waals surface area contributed by atoms with Crippen molar-refractivity contribution in [2.75, 3.05) is 0 Å². The lowest BCUT2D eigenvalue weighted by molar-refractivity contribution is 0.0696. The zero-order chi connectivity index (χ0) is 24.8. The van der Waals surface area contributed by atoms with Gasteiger partial charge >= 0.3 is 5.97 Å². The molecule has 0 bridgehead atoms. The topological polar surface area (TPSA) is 106 Å². The van der Waals surface area contributed by atoms with Crippen LogP contribution in [0.5, 0.6) is 11.6 Å². The van der Waals surface area contributed by atoms with E-state index in [2.05, 4.69) is 10.3 Å². The van der Waals surface area contributed by atoms with Crippen LogP contribution in [0.1, 0.15) is 42.2 Å². The number of pyridine rings is 1. The van der Waals surface area contributed by atoms with Crippen molar-refractivity contribution in [1.82, 2.24) is 10.3 Å². The SMILES string of the molecule is O=C(O)c1ccc(CNC(=O)c2cc(F)cnc2Oc2cccc(C(=O)c3ccccc3)c2)cc1. The Morgan fingerprint density at radius 2 is 1.57 bits per heavy atom. The van der Waals surface area contributed by atoms with E-state index in [0.717, 1.165) is 12.3 Å². The van der Waals surface area contributed by atoms with Crippen molar-refractivity contribution in [1.29, 1.82) is 0 Å². The predicted molar refractivity (Wildman–Crippen MR) is 125 cm³/mol. The highest BCUT2D eigenvalue weighted by molar-refractivity contribution is 6.09. The van der Waals surface area contributed by atoms with Crippen LogP contribution in [-0.4, -0.2) is 27.8 Å². The van der Waals surface area contributed by atoms with Crippen molar-refractivity contribution in [2.24, 2.45) is 0 Å². The van der Waals surface area contributed by atoms with Gasteiger partial charge in [0.25, 0.3) is 5.91 Å². The van der Waals surface area contributed by atoms with E-state index in [1.54, 1.807) is 54.6 Å². The second-order valence-corrected chi connectivity index (χ2v) is 7.52. The third kappa shape index (κ3) is 5.75. The number of aromatic carboxylic acids is 1. The van der Waals surface area contributed by atoms with Gasteiger partial charge in [-0.1, -0.05) is 54.6 Å². The number of amides is 1. The number of carbonyl (C=O) groups excluding carboxylic acids is 2. The molecule has 0 radical (unpaired) electrons. The number of carboxylic acids is 1. The summed E-state index contributed by atoms with van der Waals surface area (Å²) in [6.07, 6.45) is 0.926. The first-order valence-corrected chi connectivity index (χ1v) is 10.5. The Bertz CT molecular complexity index is 1390. The summed E-state index contributed by atoms with van der Waals surface area (Å²) in [5.74, 6) is -2.48. The van der Waals surface area contributed by atoms with Crippen LogP contribution in [0.3, 0.4) is 0 Å². The smallest absolute Gasteiger partial charge is 0.335 e. The summed E-state index contributed by atoms with van der Waals surface area (Å²) in [5, 5.41) is 11.6. The summed E-state index contributed by atoms with van der Waals surface area (Å²) in [5.41, 5.74) is 1.54. The van der Waals surface area contributed by atoms with Crippen LogP contribution in [0.4, 0.5) is 4.39 Å². The van der Waals surface area contributed by atoms with E-state index < -0.39 is 17.7 Å². The van der Waals surface area contributed by atoms with Crippen molar-refractivity contribution >= 4 is 17.7 Å². The normalized spacial score (nSPS) is 10.4. The van der Waals surface area contributed by atoms with E-state index in [1.807, 2.05) is 6.07 Å². The fourth-order valence-corrected chi connectivity index (χ4v) is 3.28. The van der Waals surface area contributed by atoms with E-state index in [4.69, 9.17) is 9.84 Å². The summed E-state index contributed by atoms with van der Waals surface area (Å²) in [6, 6.07) is 22.1. The number of halogens is 1. The lowest BCUT2D eigenvalue weighted by Crippen LogP contribution is -2.23. The van der Waals surface area contributed by atoms with Crippen LogP contribution < -0.4 is 10.1 Å². The molecule has 0 aliphatic rings. The molecule has 1 amide bonds. The van der Waals surface area contributed by atoms with Gasteiger partial charge in [-0.05, 0) is 35.9 Å². The lowest BCUT2D eigenvalue weighted by atomic mass is 10.0. The molecule has 7 nitrogen and oxygen atoms in total. The summed E-state index contributed by atoms with van der Waals surface area (Å²) in [7, 11) is 0.